The van der Waals surface area contributed by atoms with E-state index in [0.29, 0.717) is 31.0 Å². The number of hydrogen-bond acceptors (Lipinski definition) is 7. The van der Waals surface area contributed by atoms with Gasteiger partial charge in [0.15, 0.2) is 6.61 Å². The molecular formula is C27H40F2O8S. The topological polar surface area (TPSA) is 124 Å². The first kappa shape index (κ1) is 29.4. The van der Waals surface area contributed by atoms with Crippen molar-refractivity contribution in [1.29, 1.82) is 0 Å². The molecule has 4 aliphatic carbocycles. The molecule has 4 aliphatic rings. The van der Waals surface area contributed by atoms with Crippen molar-refractivity contribution < 1.29 is 45.6 Å². The fraction of sp³-hybridized carbons (Fsp3) is 0.889. The maximum Gasteiger partial charge on any atom is 0.402 e. The molecule has 4 fully saturated rings. The van der Waals surface area contributed by atoms with Crippen LogP contribution in [0.25, 0.3) is 0 Å². The lowest BCUT2D eigenvalue weighted by Gasteiger charge is -2.60. The third-order valence-corrected chi connectivity index (χ3v) is 11.9. The summed E-state index contributed by atoms with van der Waals surface area (Å²) in [5.74, 6) is 0.597. The summed E-state index contributed by atoms with van der Waals surface area (Å²) in [5, 5.41) is -4.54. The van der Waals surface area contributed by atoms with E-state index in [-0.39, 0.29) is 52.9 Å². The highest BCUT2D eigenvalue weighted by atomic mass is 32.2. The zero-order chi connectivity index (χ0) is 28.1. The molecule has 4 rings (SSSR count). The molecule has 0 aromatic rings. The second-order valence-corrected chi connectivity index (χ2v) is 14.3. The van der Waals surface area contributed by atoms with Crippen molar-refractivity contribution in [1.82, 2.24) is 0 Å². The van der Waals surface area contributed by atoms with Crippen molar-refractivity contribution >= 4 is 28.3 Å². The minimum Gasteiger partial charge on any atom is -0.465 e. The molecule has 0 aromatic carbocycles. The molecule has 0 heterocycles. The van der Waals surface area contributed by atoms with Crippen LogP contribution in [0.5, 0.6) is 0 Å². The quantitative estimate of drug-likeness (QED) is 0.241. The molecule has 0 saturated heterocycles. The molecule has 0 radical (unpaired) electrons. The Morgan fingerprint density at radius 3 is 2.47 bits per heavy atom. The van der Waals surface area contributed by atoms with Gasteiger partial charge in [0.2, 0.25) is 0 Å². The lowest BCUT2D eigenvalue weighted by Crippen LogP contribution is -2.57. The smallest absolute Gasteiger partial charge is 0.402 e. The van der Waals surface area contributed by atoms with E-state index in [0.717, 1.165) is 44.9 Å². The summed E-state index contributed by atoms with van der Waals surface area (Å²) in [6.07, 6.45) is 7.06. The van der Waals surface area contributed by atoms with Gasteiger partial charge in [-0.2, -0.15) is 17.2 Å². The molecule has 8 nitrogen and oxygen atoms in total. The highest BCUT2D eigenvalue weighted by molar-refractivity contribution is 7.86. The Morgan fingerprint density at radius 1 is 1.16 bits per heavy atom. The number of ketones is 1. The number of halogens is 2. The Hall–Kier alpha value is -1.62. The van der Waals surface area contributed by atoms with E-state index < -0.39 is 27.9 Å². The summed E-state index contributed by atoms with van der Waals surface area (Å²) in [4.78, 5) is 36.5. The van der Waals surface area contributed by atoms with Crippen LogP contribution in [0.15, 0.2) is 0 Å². The van der Waals surface area contributed by atoms with Crippen molar-refractivity contribution in [3.8, 4) is 0 Å². The zero-order valence-corrected chi connectivity index (χ0v) is 23.2. The number of rotatable bonds is 9. The molecule has 0 amide bonds. The maximum absolute atomic E-state index is 13.6. The van der Waals surface area contributed by atoms with Crippen LogP contribution in [0, 0.1) is 46.3 Å². The molecule has 1 N–H and O–H groups in total. The lowest BCUT2D eigenvalue weighted by molar-refractivity contribution is -0.164. The van der Waals surface area contributed by atoms with Crippen molar-refractivity contribution in [3.05, 3.63) is 0 Å². The average Bonchev–Trinajstić information content (AvgIpc) is 3.19. The van der Waals surface area contributed by atoms with Gasteiger partial charge in [-0.3, -0.25) is 18.9 Å². The van der Waals surface area contributed by atoms with Gasteiger partial charge in [-0.15, -0.1) is 0 Å². The number of ether oxygens (including phenoxy) is 2. The van der Waals surface area contributed by atoms with E-state index in [9.17, 15) is 31.6 Å². The third kappa shape index (κ3) is 5.13. The molecule has 0 aliphatic heterocycles. The van der Waals surface area contributed by atoms with E-state index in [1.54, 1.807) is 0 Å². The Bertz CT molecular complexity index is 1050. The van der Waals surface area contributed by atoms with Gasteiger partial charge in [0, 0.05) is 18.8 Å². The van der Waals surface area contributed by atoms with Crippen LogP contribution in [0.4, 0.5) is 8.78 Å². The largest absolute Gasteiger partial charge is 0.465 e. The van der Waals surface area contributed by atoms with Crippen molar-refractivity contribution in [2.75, 3.05) is 6.61 Å². The number of hydrogen-bond donors (Lipinski definition) is 1. The highest BCUT2D eigenvalue weighted by Crippen LogP contribution is 2.67. The molecule has 11 heteroatoms. The second kappa shape index (κ2) is 10.4. The molecule has 0 aromatic heterocycles. The Balaban J connectivity index is 1.39. The molecule has 216 valence electrons. The van der Waals surface area contributed by atoms with E-state index in [4.69, 9.17) is 9.29 Å². The summed E-state index contributed by atoms with van der Waals surface area (Å²) in [7, 11) is -5.65. The fourth-order valence-corrected chi connectivity index (χ4v) is 9.14. The van der Waals surface area contributed by atoms with Crippen LogP contribution in [-0.2, 0) is 34.0 Å². The number of carbonyl (C=O) groups is 3. The number of esters is 1. The van der Waals surface area contributed by atoms with Gasteiger partial charge in [0.1, 0.15) is 11.9 Å². The highest BCUT2D eigenvalue weighted by Gasteiger charge is 2.63. The van der Waals surface area contributed by atoms with Gasteiger partial charge in [-0.25, -0.2) is 0 Å². The van der Waals surface area contributed by atoms with Crippen LogP contribution >= 0.6 is 0 Å². The summed E-state index contributed by atoms with van der Waals surface area (Å²) >= 11 is 0. The molecule has 1 unspecified atom stereocenters. The SMILES string of the molecule is C[C@H](CCC(=O)OCC(F)(F)S(=O)(=O)O)[C@H]1CC[C@H]2[C@@H]3C(=O)CC4C[C@H](OC=O)CC[C@]4(C)[C@H]3CC[C@]12C. The van der Waals surface area contributed by atoms with Crippen LogP contribution in [0.1, 0.15) is 85.0 Å². The molecule has 9 atom stereocenters. The monoisotopic (exact) mass is 562 g/mol. The first-order valence-electron chi connectivity index (χ1n) is 13.8. The predicted octanol–water partition coefficient (Wildman–Crippen LogP) is 4.81. The third-order valence-electron chi connectivity index (χ3n) is 11.0. The van der Waals surface area contributed by atoms with Crippen molar-refractivity contribution in [3.63, 3.8) is 0 Å². The van der Waals surface area contributed by atoms with Crippen molar-refractivity contribution in [2.24, 2.45) is 46.3 Å². The van der Waals surface area contributed by atoms with Gasteiger partial charge in [0.25, 0.3) is 6.47 Å². The van der Waals surface area contributed by atoms with Gasteiger partial charge in [-0.1, -0.05) is 20.8 Å². The lowest BCUT2D eigenvalue weighted by atomic mass is 9.44. The fourth-order valence-electron chi connectivity index (χ4n) is 8.93. The van der Waals surface area contributed by atoms with E-state index >= 15 is 0 Å². The summed E-state index contributed by atoms with van der Waals surface area (Å²) in [6, 6.07) is 0. The van der Waals surface area contributed by atoms with Crippen molar-refractivity contribution in [2.45, 2.75) is 96.3 Å². The molecule has 0 spiro atoms. The van der Waals surface area contributed by atoms with Gasteiger partial charge in [-0.05, 0) is 91.8 Å². The second-order valence-electron chi connectivity index (χ2n) is 12.8. The van der Waals surface area contributed by atoms with Crippen LogP contribution in [0.3, 0.4) is 0 Å². The Morgan fingerprint density at radius 2 is 1.82 bits per heavy atom. The van der Waals surface area contributed by atoms with Crippen LogP contribution in [-0.4, -0.2) is 49.2 Å². The average molecular weight is 563 g/mol. The summed E-state index contributed by atoms with van der Waals surface area (Å²) in [5.41, 5.74) is -0.000598. The Labute approximate surface area is 223 Å². The minimum absolute atomic E-state index is 0.0170. The van der Waals surface area contributed by atoms with Crippen LogP contribution < -0.4 is 0 Å². The normalized spacial score (nSPS) is 39.9. The van der Waals surface area contributed by atoms with E-state index in [1.165, 1.54) is 0 Å². The number of Topliss-reactive ketones (excluding diaryl/α,β-unsaturated/α-hetero) is 1. The molecule has 0 bridgehead atoms. The first-order valence-corrected chi connectivity index (χ1v) is 15.2. The van der Waals surface area contributed by atoms with Gasteiger partial charge >= 0.3 is 21.3 Å². The van der Waals surface area contributed by atoms with Crippen LogP contribution in [0.2, 0.25) is 0 Å². The first-order chi connectivity index (χ1) is 17.6. The summed E-state index contributed by atoms with van der Waals surface area (Å²) < 4.78 is 66.4. The van der Waals surface area contributed by atoms with Gasteiger partial charge in [0.05, 0.1) is 0 Å². The Kier molecular flexibility index (Phi) is 8.04. The van der Waals surface area contributed by atoms with E-state index in [2.05, 4.69) is 18.6 Å². The van der Waals surface area contributed by atoms with E-state index in [1.807, 2.05) is 6.92 Å². The number of carbonyl (C=O) groups excluding carboxylic acids is 3. The molecular weight excluding hydrogens is 522 g/mol. The minimum atomic E-state index is -5.65. The maximum atomic E-state index is 13.6. The van der Waals surface area contributed by atoms with Gasteiger partial charge < -0.3 is 9.47 Å². The zero-order valence-electron chi connectivity index (χ0n) is 22.4. The standard InChI is InChI=1S/C27H40F2O8S/c1-16(4-7-23(32)36-14-27(28,29)38(33,34)35)19-5-6-20-24-21(9-11-26(19,20)3)25(2)10-8-18(37-15-30)12-17(25)13-22(24)31/h15-21,24H,4-14H2,1-3H3,(H,33,34,35)/t16-,17?,18-,19-,20+,21+,24+,25+,26-/m1/s1. The molecule has 4 saturated carbocycles. The number of alkyl halides is 2. The predicted molar refractivity (Wildman–Crippen MR) is 132 cm³/mol. The number of fused-ring (bicyclic) bond motifs is 5. The summed E-state index contributed by atoms with van der Waals surface area (Å²) in [6.45, 7) is 5.44. The molecule has 38 heavy (non-hydrogen) atoms.